The summed E-state index contributed by atoms with van der Waals surface area (Å²) >= 11 is 6.40. The van der Waals surface area contributed by atoms with E-state index >= 15 is 4.11 Å². The summed E-state index contributed by atoms with van der Waals surface area (Å²) in [6.45, 7) is 5.27. The summed E-state index contributed by atoms with van der Waals surface area (Å²) < 4.78 is 22.1. The molecule has 0 saturated carbocycles. The highest BCUT2D eigenvalue weighted by molar-refractivity contribution is 6.72. The van der Waals surface area contributed by atoms with E-state index in [-0.39, 0.29) is 25.5 Å². The number of hydrogen-bond acceptors (Lipinski definition) is 4. The number of ether oxygens (including phenoxy) is 1. The molecule has 4 atom stereocenters. The monoisotopic (exact) mass is 566 g/mol. The van der Waals surface area contributed by atoms with Gasteiger partial charge in [0.05, 0.1) is 18.3 Å². The molecule has 204 valence electrons. The normalized spacial score (nSPS) is 24.3. The highest BCUT2D eigenvalue weighted by Gasteiger charge is 2.66. The standard InChI is InChI=1S/C30H32ClFN2O4Si/c1-20-28(39(2,3)32)27(15-16-35)38-30(20)25-17-22(31)11-14-26(25)33(29(30)37)18-21-9-12-24(13-10-21)34(19-36)23-7-5-4-6-8-23/h4-14,17,19-20,27-28,35H,15-16,18H2,1-3H3/t20-,27+,28-,30+/m1/s1. The van der Waals surface area contributed by atoms with Crippen molar-refractivity contribution >= 4 is 49.4 Å². The molecule has 0 radical (unpaired) electrons. The van der Waals surface area contributed by atoms with Gasteiger partial charge in [0.2, 0.25) is 14.8 Å². The lowest BCUT2D eigenvalue weighted by Gasteiger charge is -2.31. The van der Waals surface area contributed by atoms with Crippen molar-refractivity contribution < 1.29 is 23.5 Å². The largest absolute Gasteiger partial charge is 0.396 e. The van der Waals surface area contributed by atoms with Crippen LogP contribution >= 0.6 is 11.6 Å². The van der Waals surface area contributed by atoms with Crippen molar-refractivity contribution in [3.63, 3.8) is 0 Å². The van der Waals surface area contributed by atoms with E-state index in [1.165, 1.54) is 0 Å². The van der Waals surface area contributed by atoms with Gasteiger partial charge in [-0.2, -0.15) is 0 Å². The van der Waals surface area contributed by atoms with E-state index in [2.05, 4.69) is 0 Å². The second-order valence-electron chi connectivity index (χ2n) is 10.8. The van der Waals surface area contributed by atoms with Crippen LogP contribution in [0.25, 0.3) is 0 Å². The molecule has 1 spiro atoms. The molecule has 0 aliphatic carbocycles. The first kappa shape index (κ1) is 27.5. The Bertz CT molecular complexity index is 1370. The molecule has 2 aliphatic rings. The molecule has 2 amide bonds. The van der Waals surface area contributed by atoms with Gasteiger partial charge in [0.25, 0.3) is 5.91 Å². The van der Waals surface area contributed by atoms with Gasteiger partial charge in [-0.15, -0.1) is 0 Å². The Morgan fingerprint density at radius 1 is 1.10 bits per heavy atom. The van der Waals surface area contributed by atoms with Crippen molar-refractivity contribution in [3.8, 4) is 0 Å². The lowest BCUT2D eigenvalue weighted by Crippen LogP contribution is -2.45. The van der Waals surface area contributed by atoms with Crippen molar-refractivity contribution in [1.82, 2.24) is 0 Å². The van der Waals surface area contributed by atoms with Gasteiger partial charge in [0.15, 0.2) is 5.60 Å². The second-order valence-corrected chi connectivity index (χ2v) is 15.0. The van der Waals surface area contributed by atoms with Crippen LogP contribution in [0.3, 0.4) is 0 Å². The summed E-state index contributed by atoms with van der Waals surface area (Å²) in [4.78, 5) is 29.3. The quantitative estimate of drug-likeness (QED) is 0.196. The van der Waals surface area contributed by atoms with E-state index < -0.39 is 31.6 Å². The third-order valence-electron chi connectivity index (χ3n) is 8.03. The number of nitrogens with zero attached hydrogens (tertiary/aromatic N) is 2. The van der Waals surface area contributed by atoms with Crippen molar-refractivity contribution in [2.45, 2.75) is 50.2 Å². The minimum atomic E-state index is -3.26. The predicted octanol–water partition coefficient (Wildman–Crippen LogP) is 6.34. The van der Waals surface area contributed by atoms with Gasteiger partial charge in [0.1, 0.15) is 0 Å². The average Bonchev–Trinajstić information content (AvgIpc) is 3.33. The van der Waals surface area contributed by atoms with Gasteiger partial charge < -0.3 is 18.9 Å². The molecule has 5 rings (SSSR count). The van der Waals surface area contributed by atoms with Crippen LogP contribution < -0.4 is 9.80 Å². The maximum absolute atomic E-state index is 15.6. The van der Waals surface area contributed by atoms with Crippen LogP contribution in [0.2, 0.25) is 23.7 Å². The van der Waals surface area contributed by atoms with Gasteiger partial charge in [-0.1, -0.05) is 48.9 Å². The number of rotatable bonds is 8. The van der Waals surface area contributed by atoms with Crippen molar-refractivity contribution in [3.05, 3.63) is 88.9 Å². The highest BCUT2D eigenvalue weighted by atomic mass is 35.5. The summed E-state index contributed by atoms with van der Waals surface area (Å²) in [6, 6.07) is 22.1. The number of para-hydroxylation sites is 1. The zero-order valence-corrected chi connectivity index (χ0v) is 23.9. The molecule has 1 saturated heterocycles. The Balaban J connectivity index is 1.49. The zero-order chi connectivity index (χ0) is 27.9. The Hall–Kier alpha value is -3.04. The van der Waals surface area contributed by atoms with E-state index in [1.807, 2.05) is 67.6 Å². The molecule has 9 heteroatoms. The Morgan fingerprint density at radius 3 is 2.38 bits per heavy atom. The van der Waals surface area contributed by atoms with Gasteiger partial charge in [0, 0.05) is 40.0 Å². The van der Waals surface area contributed by atoms with E-state index in [1.54, 1.807) is 35.0 Å². The summed E-state index contributed by atoms with van der Waals surface area (Å²) in [5, 5.41) is 10.2. The highest BCUT2D eigenvalue weighted by Crippen LogP contribution is 2.60. The maximum Gasteiger partial charge on any atom is 0.264 e. The maximum atomic E-state index is 15.6. The number of anilines is 3. The number of aliphatic hydroxyl groups excluding tert-OH is 1. The SMILES string of the molecule is C[C@@H]1[C@@H]([Si](C)(C)F)[C@H](CCO)O[C@@]12C(=O)N(Cc1ccc(N(C=O)c3ccccc3)cc1)c1ccc(Cl)cc12. The third kappa shape index (κ3) is 4.69. The zero-order valence-electron chi connectivity index (χ0n) is 22.2. The summed E-state index contributed by atoms with van der Waals surface area (Å²) in [5.41, 5.74) is 1.80. The van der Waals surface area contributed by atoms with Crippen LogP contribution in [-0.2, 0) is 26.5 Å². The lowest BCUT2D eigenvalue weighted by atomic mass is 9.82. The van der Waals surface area contributed by atoms with Gasteiger partial charge in [-0.05, 0) is 67.5 Å². The first-order valence-electron chi connectivity index (χ1n) is 13.1. The number of carbonyl (C=O) groups excluding carboxylic acids is 2. The van der Waals surface area contributed by atoms with Crippen molar-refractivity contribution in [1.29, 1.82) is 0 Å². The molecule has 39 heavy (non-hydrogen) atoms. The van der Waals surface area contributed by atoms with Crippen molar-refractivity contribution in [2.24, 2.45) is 5.92 Å². The Morgan fingerprint density at radius 2 is 1.77 bits per heavy atom. The predicted molar refractivity (Wildman–Crippen MR) is 153 cm³/mol. The fourth-order valence-electron chi connectivity index (χ4n) is 6.38. The molecule has 2 aliphatic heterocycles. The summed E-state index contributed by atoms with van der Waals surface area (Å²) in [7, 11) is -3.26. The van der Waals surface area contributed by atoms with Crippen LogP contribution in [0.5, 0.6) is 0 Å². The van der Waals surface area contributed by atoms with Crippen molar-refractivity contribution in [2.75, 3.05) is 16.4 Å². The number of carbonyl (C=O) groups is 2. The molecule has 3 aromatic carbocycles. The number of hydrogen-bond donors (Lipinski definition) is 1. The molecular weight excluding hydrogens is 535 g/mol. The fourth-order valence-corrected chi connectivity index (χ4v) is 9.09. The van der Waals surface area contributed by atoms with Gasteiger partial charge >= 0.3 is 0 Å². The smallest absolute Gasteiger partial charge is 0.264 e. The third-order valence-corrected chi connectivity index (χ3v) is 10.7. The molecule has 0 aromatic heterocycles. The molecule has 0 unspecified atom stereocenters. The molecule has 2 heterocycles. The van der Waals surface area contributed by atoms with Crippen LogP contribution in [0.4, 0.5) is 21.2 Å². The number of aliphatic hydroxyl groups is 1. The molecule has 1 N–H and O–H groups in total. The minimum absolute atomic E-state index is 0.151. The molecule has 0 bridgehead atoms. The van der Waals surface area contributed by atoms with Gasteiger partial charge in [-0.3, -0.25) is 14.5 Å². The van der Waals surface area contributed by atoms with E-state index in [4.69, 9.17) is 16.3 Å². The second kappa shape index (κ2) is 10.5. The molecule has 6 nitrogen and oxygen atoms in total. The number of amides is 2. The summed E-state index contributed by atoms with van der Waals surface area (Å²) in [5.74, 6) is -0.691. The van der Waals surface area contributed by atoms with Crippen LogP contribution in [0.1, 0.15) is 24.5 Å². The van der Waals surface area contributed by atoms with Crippen LogP contribution in [-0.4, -0.2) is 38.5 Å². The average molecular weight is 567 g/mol. The lowest BCUT2D eigenvalue weighted by molar-refractivity contribution is -0.146. The molecular formula is C30H32ClFN2O4Si. The number of benzene rings is 3. The topological polar surface area (TPSA) is 70.1 Å². The minimum Gasteiger partial charge on any atom is -0.396 e. The fraction of sp³-hybridized carbons (Fsp3) is 0.333. The first-order valence-corrected chi connectivity index (χ1v) is 16.4. The Kier molecular flexibility index (Phi) is 7.41. The molecule has 1 fully saturated rings. The number of fused-ring (bicyclic) bond motifs is 2. The van der Waals surface area contributed by atoms with Crippen LogP contribution in [0.15, 0.2) is 72.8 Å². The van der Waals surface area contributed by atoms with E-state index in [0.717, 1.165) is 17.7 Å². The first-order chi connectivity index (χ1) is 18.6. The Labute approximate surface area is 234 Å². The number of halogens is 2. The van der Waals surface area contributed by atoms with E-state index in [9.17, 15) is 14.7 Å². The van der Waals surface area contributed by atoms with Gasteiger partial charge in [-0.25, -0.2) is 0 Å². The summed E-state index contributed by atoms with van der Waals surface area (Å²) in [6.07, 6.45) is 0.460. The van der Waals surface area contributed by atoms with E-state index in [0.29, 0.717) is 22.0 Å². The van der Waals surface area contributed by atoms with Crippen LogP contribution in [0, 0.1) is 5.92 Å². The molecule has 3 aromatic rings.